The van der Waals surface area contributed by atoms with Gasteiger partial charge in [0.1, 0.15) is 18.5 Å². The van der Waals surface area contributed by atoms with Gasteiger partial charge in [-0.05, 0) is 42.7 Å². The monoisotopic (exact) mass is 453 g/mol. The fourth-order valence-electron chi connectivity index (χ4n) is 5.12. The van der Waals surface area contributed by atoms with Crippen molar-refractivity contribution in [3.05, 3.63) is 64.7 Å². The molecular formula is C24H28ClN5O2. The van der Waals surface area contributed by atoms with Crippen LogP contribution in [-0.4, -0.2) is 65.3 Å². The first kappa shape index (κ1) is 21.2. The van der Waals surface area contributed by atoms with E-state index in [0.717, 1.165) is 24.3 Å². The van der Waals surface area contributed by atoms with Crippen LogP contribution < -0.4 is 10.2 Å². The molecule has 0 bridgehead atoms. The summed E-state index contributed by atoms with van der Waals surface area (Å²) in [6.45, 7) is 6.16. The molecule has 1 N–H and O–H groups in total. The van der Waals surface area contributed by atoms with Gasteiger partial charge in [0.25, 0.3) is 5.91 Å². The molecule has 3 heterocycles. The van der Waals surface area contributed by atoms with E-state index in [4.69, 9.17) is 11.6 Å². The molecule has 7 nitrogen and oxygen atoms in total. The van der Waals surface area contributed by atoms with Crippen LogP contribution in [0.5, 0.6) is 0 Å². The van der Waals surface area contributed by atoms with E-state index in [1.165, 1.54) is 10.5 Å². The molecule has 5 rings (SSSR count). The van der Waals surface area contributed by atoms with Crippen molar-refractivity contribution < 1.29 is 9.59 Å². The third kappa shape index (κ3) is 3.54. The van der Waals surface area contributed by atoms with Crippen molar-refractivity contribution in [2.45, 2.75) is 38.9 Å². The number of hydrogen-bond acceptors (Lipinski definition) is 5. The second-order valence-electron chi connectivity index (χ2n) is 9.17. The number of carbonyl (C=O) groups is 2. The Morgan fingerprint density at radius 1 is 1.09 bits per heavy atom. The summed E-state index contributed by atoms with van der Waals surface area (Å²) in [6, 6.07) is 15.0. The van der Waals surface area contributed by atoms with Crippen LogP contribution >= 0.6 is 11.6 Å². The first-order valence-electron chi connectivity index (χ1n) is 11.0. The number of anilines is 1. The van der Waals surface area contributed by atoms with E-state index in [-0.39, 0.29) is 30.9 Å². The highest BCUT2D eigenvalue weighted by Crippen LogP contribution is 2.35. The normalized spacial score (nSPS) is 28.2. The minimum absolute atomic E-state index is 0.144. The summed E-state index contributed by atoms with van der Waals surface area (Å²) in [5.74, 6) is 0.219. The summed E-state index contributed by atoms with van der Waals surface area (Å²) in [5, 5.41) is 4.16. The zero-order valence-corrected chi connectivity index (χ0v) is 19.3. The van der Waals surface area contributed by atoms with Gasteiger partial charge in [0.15, 0.2) is 0 Å². The van der Waals surface area contributed by atoms with E-state index in [9.17, 15) is 9.59 Å². The molecule has 3 fully saturated rings. The SMILES string of the molecule is Cc1ccc(N2CC(C)CN3C4C(=O)N(Cc5cccc(Cl)c5)C(=O)N(C)C4NC23)cc1. The summed E-state index contributed by atoms with van der Waals surface area (Å²) >= 11 is 6.12. The van der Waals surface area contributed by atoms with Gasteiger partial charge in [-0.25, -0.2) is 4.79 Å². The predicted octanol–water partition coefficient (Wildman–Crippen LogP) is 3.08. The van der Waals surface area contributed by atoms with Crippen LogP contribution in [0.25, 0.3) is 0 Å². The highest BCUT2D eigenvalue weighted by atomic mass is 35.5. The van der Waals surface area contributed by atoms with Gasteiger partial charge in [0.2, 0.25) is 0 Å². The molecule has 4 atom stereocenters. The number of amides is 3. The summed E-state index contributed by atoms with van der Waals surface area (Å²) in [6.07, 6.45) is -0.511. The largest absolute Gasteiger partial charge is 0.343 e. The molecule has 3 aliphatic heterocycles. The van der Waals surface area contributed by atoms with Gasteiger partial charge < -0.3 is 9.80 Å². The lowest BCUT2D eigenvalue weighted by Crippen LogP contribution is -2.66. The molecule has 4 unspecified atom stereocenters. The molecule has 2 aromatic rings. The van der Waals surface area contributed by atoms with Gasteiger partial charge >= 0.3 is 6.03 Å². The lowest BCUT2D eigenvalue weighted by molar-refractivity contribution is -0.139. The fourth-order valence-corrected chi connectivity index (χ4v) is 5.33. The highest BCUT2D eigenvalue weighted by molar-refractivity contribution is 6.30. The van der Waals surface area contributed by atoms with Crippen molar-refractivity contribution in [1.82, 2.24) is 20.0 Å². The summed E-state index contributed by atoms with van der Waals surface area (Å²) < 4.78 is 0. The molecule has 32 heavy (non-hydrogen) atoms. The average molecular weight is 454 g/mol. The second-order valence-corrected chi connectivity index (χ2v) is 9.60. The topological polar surface area (TPSA) is 59.1 Å². The zero-order valence-electron chi connectivity index (χ0n) is 18.5. The number of nitrogens with one attached hydrogen (secondary N) is 1. The third-order valence-corrected chi connectivity index (χ3v) is 6.92. The van der Waals surface area contributed by atoms with Crippen molar-refractivity contribution in [2.75, 3.05) is 25.0 Å². The smallest absolute Gasteiger partial charge is 0.328 e. The molecule has 2 aromatic carbocycles. The summed E-state index contributed by atoms with van der Waals surface area (Å²) in [4.78, 5) is 34.3. The lowest BCUT2D eigenvalue weighted by atomic mass is 10.0. The second kappa shape index (κ2) is 8.06. The van der Waals surface area contributed by atoms with Crippen LogP contribution in [0.1, 0.15) is 18.1 Å². The first-order chi connectivity index (χ1) is 15.3. The van der Waals surface area contributed by atoms with Crippen molar-refractivity contribution in [3.63, 3.8) is 0 Å². The van der Waals surface area contributed by atoms with Gasteiger partial charge in [-0.15, -0.1) is 0 Å². The van der Waals surface area contributed by atoms with Crippen LogP contribution in [-0.2, 0) is 11.3 Å². The molecular weight excluding hydrogens is 426 g/mol. The number of fused-ring (bicyclic) bond motifs is 3. The maximum Gasteiger partial charge on any atom is 0.328 e. The minimum atomic E-state index is -0.433. The fraction of sp³-hybridized carbons (Fsp3) is 0.417. The van der Waals surface area contributed by atoms with Gasteiger partial charge in [0.05, 0.1) is 6.54 Å². The predicted molar refractivity (Wildman–Crippen MR) is 124 cm³/mol. The van der Waals surface area contributed by atoms with Crippen molar-refractivity contribution in [3.8, 4) is 0 Å². The number of likely N-dealkylation sites (N-methyl/N-ethyl adjacent to an activating group) is 1. The maximum atomic E-state index is 13.6. The van der Waals surface area contributed by atoms with Crippen LogP contribution in [0, 0.1) is 12.8 Å². The van der Waals surface area contributed by atoms with E-state index in [2.05, 4.69) is 53.2 Å². The van der Waals surface area contributed by atoms with Crippen molar-refractivity contribution in [1.29, 1.82) is 0 Å². The molecule has 0 radical (unpaired) electrons. The molecule has 3 amide bonds. The highest BCUT2D eigenvalue weighted by Gasteiger charge is 2.56. The quantitative estimate of drug-likeness (QED) is 0.774. The number of urea groups is 1. The Hall–Kier alpha value is -2.61. The van der Waals surface area contributed by atoms with Crippen molar-refractivity contribution >= 4 is 29.2 Å². The number of aryl methyl sites for hydroxylation is 1. The zero-order chi connectivity index (χ0) is 22.6. The standard InChI is InChI=1S/C24H28ClN5O2/c1-15-7-9-19(10-8-15)28-12-16(2)13-29-20-21(26-23(28)29)27(3)24(32)30(22(20)31)14-17-5-4-6-18(25)11-17/h4-11,16,20-21,23,26H,12-14H2,1-3H3. The number of benzene rings is 2. The summed E-state index contributed by atoms with van der Waals surface area (Å²) in [7, 11) is 1.77. The van der Waals surface area contributed by atoms with Crippen LogP contribution in [0.3, 0.4) is 0 Å². The molecule has 0 spiro atoms. The average Bonchev–Trinajstić information content (AvgIpc) is 3.15. The number of imide groups is 1. The van der Waals surface area contributed by atoms with Crippen LogP contribution in [0.4, 0.5) is 10.5 Å². The Morgan fingerprint density at radius 2 is 1.84 bits per heavy atom. The molecule has 3 saturated heterocycles. The van der Waals surface area contributed by atoms with E-state index in [0.29, 0.717) is 10.9 Å². The van der Waals surface area contributed by atoms with E-state index >= 15 is 0 Å². The minimum Gasteiger partial charge on any atom is -0.343 e. The number of carbonyl (C=O) groups excluding carboxylic acids is 2. The Labute approximate surface area is 193 Å². The molecule has 0 aromatic heterocycles. The van der Waals surface area contributed by atoms with E-state index in [1.807, 2.05) is 12.1 Å². The summed E-state index contributed by atoms with van der Waals surface area (Å²) in [5.41, 5.74) is 3.16. The number of nitrogens with zero attached hydrogens (tertiary/aromatic N) is 4. The molecule has 8 heteroatoms. The molecule has 3 aliphatic rings. The molecule has 168 valence electrons. The Bertz CT molecular complexity index is 1040. The number of hydrogen-bond donors (Lipinski definition) is 1. The van der Waals surface area contributed by atoms with E-state index in [1.54, 1.807) is 24.1 Å². The van der Waals surface area contributed by atoms with Crippen LogP contribution in [0.15, 0.2) is 48.5 Å². The molecule has 0 aliphatic carbocycles. The first-order valence-corrected chi connectivity index (χ1v) is 11.4. The van der Waals surface area contributed by atoms with Gasteiger partial charge in [0, 0.05) is 30.8 Å². The Morgan fingerprint density at radius 3 is 2.56 bits per heavy atom. The van der Waals surface area contributed by atoms with Gasteiger partial charge in [-0.2, -0.15) is 0 Å². The Balaban J connectivity index is 1.45. The van der Waals surface area contributed by atoms with Crippen molar-refractivity contribution in [2.24, 2.45) is 5.92 Å². The maximum absolute atomic E-state index is 13.6. The number of halogens is 1. The molecule has 0 saturated carbocycles. The lowest BCUT2D eigenvalue weighted by Gasteiger charge is -2.46. The number of rotatable bonds is 3. The van der Waals surface area contributed by atoms with Gasteiger partial charge in [-0.3, -0.25) is 19.9 Å². The van der Waals surface area contributed by atoms with E-state index < -0.39 is 6.04 Å². The Kier molecular flexibility index (Phi) is 5.35. The van der Waals surface area contributed by atoms with Crippen LogP contribution in [0.2, 0.25) is 5.02 Å². The third-order valence-electron chi connectivity index (χ3n) is 6.68. The van der Waals surface area contributed by atoms with Gasteiger partial charge in [-0.1, -0.05) is 48.4 Å².